The minimum Gasteiger partial charge on any atom is -0.480 e. The number of hydrogen-bond donors (Lipinski definition) is 1. The number of benzene rings is 1. The van der Waals surface area contributed by atoms with E-state index in [1.165, 1.54) is 18.2 Å². The lowest BCUT2D eigenvalue weighted by Gasteiger charge is -2.10. The molecule has 0 aliphatic carbocycles. The summed E-state index contributed by atoms with van der Waals surface area (Å²) in [4.78, 5) is 16.8. The van der Waals surface area contributed by atoms with Gasteiger partial charge in [0.15, 0.2) is 6.10 Å². The molecule has 1 atom stereocenters. The van der Waals surface area contributed by atoms with Crippen LogP contribution in [0.25, 0.3) is 0 Å². The predicted molar refractivity (Wildman–Crippen MR) is 90.2 cm³/mol. The van der Waals surface area contributed by atoms with Crippen LogP contribution in [0.2, 0.25) is 0 Å². The number of carbonyl (C=O) groups is 1. The number of aryl methyl sites for hydroxylation is 1. The van der Waals surface area contributed by atoms with E-state index in [0.717, 1.165) is 11.4 Å². The van der Waals surface area contributed by atoms with Crippen molar-refractivity contribution in [2.24, 2.45) is 10.2 Å². The number of nitrogens with one attached hydrogen (secondary N) is 1. The van der Waals surface area contributed by atoms with Gasteiger partial charge in [-0.05, 0) is 37.3 Å². The first-order valence-electron chi connectivity index (χ1n) is 7.92. The summed E-state index contributed by atoms with van der Waals surface area (Å²) >= 11 is 0. The molecule has 6 nitrogen and oxygen atoms in total. The highest BCUT2D eigenvalue weighted by atomic mass is 19.1. The summed E-state index contributed by atoms with van der Waals surface area (Å²) in [5.74, 6) is 0.334. The fourth-order valence-corrected chi connectivity index (χ4v) is 2.85. The van der Waals surface area contributed by atoms with Crippen molar-refractivity contribution in [1.29, 1.82) is 0 Å². The van der Waals surface area contributed by atoms with Crippen molar-refractivity contribution in [3.8, 4) is 5.75 Å². The van der Waals surface area contributed by atoms with E-state index in [1.54, 1.807) is 0 Å². The summed E-state index contributed by atoms with van der Waals surface area (Å²) in [7, 11) is 0. The second-order valence-electron chi connectivity index (χ2n) is 5.99. The highest BCUT2D eigenvalue weighted by molar-refractivity contribution is 6.16. The molecule has 0 bridgehead atoms. The van der Waals surface area contributed by atoms with Crippen LogP contribution >= 0.6 is 0 Å². The van der Waals surface area contributed by atoms with Crippen LogP contribution < -0.4 is 10.1 Å². The average molecular weight is 338 g/mol. The van der Waals surface area contributed by atoms with Gasteiger partial charge in [-0.15, -0.1) is 5.10 Å². The maximum absolute atomic E-state index is 13.3. The van der Waals surface area contributed by atoms with Crippen molar-refractivity contribution in [2.45, 2.75) is 25.9 Å². The molecule has 2 aromatic rings. The second-order valence-corrected chi connectivity index (χ2v) is 5.99. The number of nitrogens with zero attached hydrogens (tertiary/aromatic N) is 3. The minimum atomic E-state index is -0.694. The number of fused-ring (bicyclic) bond motifs is 1. The zero-order valence-electron chi connectivity index (χ0n) is 13.5. The lowest BCUT2D eigenvalue weighted by molar-refractivity contribution is -0.125. The molecule has 25 heavy (non-hydrogen) atoms. The fraction of sp³-hybridized carbons (Fsp3) is 0.222. The molecule has 3 heterocycles. The van der Waals surface area contributed by atoms with E-state index < -0.39 is 6.10 Å². The number of ether oxygens (including phenoxy) is 1. The number of halogens is 1. The van der Waals surface area contributed by atoms with Crippen LogP contribution in [0.3, 0.4) is 0 Å². The van der Waals surface area contributed by atoms with Gasteiger partial charge in [0, 0.05) is 17.7 Å². The molecule has 1 unspecified atom stereocenters. The number of pyridine rings is 1. The Hall–Kier alpha value is -3.09. The molecule has 0 fully saturated rings. The molecule has 1 aromatic heterocycles. The normalized spacial score (nSPS) is 18.2. The second kappa shape index (κ2) is 6.08. The average Bonchev–Trinajstić information content (AvgIpc) is 3.21. The van der Waals surface area contributed by atoms with E-state index in [1.807, 2.05) is 25.1 Å². The Balaban J connectivity index is 1.37. The third kappa shape index (κ3) is 3.13. The molecule has 2 aliphatic heterocycles. The van der Waals surface area contributed by atoms with E-state index in [-0.39, 0.29) is 11.7 Å². The van der Waals surface area contributed by atoms with Gasteiger partial charge in [-0.2, -0.15) is 5.10 Å². The summed E-state index contributed by atoms with van der Waals surface area (Å²) in [5.41, 5.74) is 3.03. The number of rotatable bonds is 2. The van der Waals surface area contributed by atoms with Crippen molar-refractivity contribution in [1.82, 2.24) is 10.3 Å². The number of amidine groups is 1. The smallest absolute Gasteiger partial charge is 0.266 e. The van der Waals surface area contributed by atoms with Crippen LogP contribution in [-0.4, -0.2) is 28.5 Å². The maximum atomic E-state index is 13.3. The van der Waals surface area contributed by atoms with E-state index in [4.69, 9.17) is 4.74 Å². The topological polar surface area (TPSA) is 75.9 Å². The lowest BCUT2D eigenvalue weighted by Crippen LogP contribution is -2.40. The monoisotopic (exact) mass is 338 g/mol. The lowest BCUT2D eigenvalue weighted by atomic mass is 10.1. The summed E-state index contributed by atoms with van der Waals surface area (Å²) < 4.78 is 18.8. The summed E-state index contributed by atoms with van der Waals surface area (Å²) in [6.45, 7) is 1.90. The molecule has 0 saturated heterocycles. The van der Waals surface area contributed by atoms with E-state index in [9.17, 15) is 9.18 Å². The van der Waals surface area contributed by atoms with Crippen LogP contribution in [0.15, 0.2) is 46.6 Å². The zero-order valence-corrected chi connectivity index (χ0v) is 13.5. The Kier molecular flexibility index (Phi) is 3.76. The van der Waals surface area contributed by atoms with Crippen molar-refractivity contribution in [3.63, 3.8) is 0 Å². The molecule has 2 aliphatic rings. The van der Waals surface area contributed by atoms with Crippen LogP contribution in [0.4, 0.5) is 4.39 Å². The largest absolute Gasteiger partial charge is 0.480 e. The molecule has 1 N–H and O–H groups in total. The van der Waals surface area contributed by atoms with Gasteiger partial charge in [0.2, 0.25) is 0 Å². The first kappa shape index (κ1) is 15.4. The van der Waals surface area contributed by atoms with E-state index in [2.05, 4.69) is 20.5 Å². The third-order valence-corrected chi connectivity index (χ3v) is 4.07. The first-order valence-corrected chi connectivity index (χ1v) is 7.92. The molecule has 1 amide bonds. The molecule has 0 spiro atoms. The van der Waals surface area contributed by atoms with Gasteiger partial charge in [-0.3, -0.25) is 9.78 Å². The molecule has 7 heteroatoms. The highest BCUT2D eigenvalue weighted by Gasteiger charge is 2.30. The van der Waals surface area contributed by atoms with E-state index in [0.29, 0.717) is 35.7 Å². The molecule has 1 aromatic carbocycles. The standard InChI is InChI=1S/C18H15FN4O2/c1-10-3-2-4-13(20-10)14-9-17(23-22-14)21-18(24)16-8-11-7-12(19)5-6-15(11)25-16/h2-7,16H,8-9H2,1H3,(H,21,23,24). The van der Waals surface area contributed by atoms with Gasteiger partial charge < -0.3 is 10.1 Å². The van der Waals surface area contributed by atoms with Crippen LogP contribution in [0.1, 0.15) is 23.4 Å². The maximum Gasteiger partial charge on any atom is 0.266 e. The van der Waals surface area contributed by atoms with Crippen LogP contribution in [0.5, 0.6) is 5.75 Å². The predicted octanol–water partition coefficient (Wildman–Crippen LogP) is 2.16. The SMILES string of the molecule is Cc1cccc(C2=NN=C(NC(=O)C3Cc4cc(F)ccc4O3)C2)n1. The number of hydrogen-bond acceptors (Lipinski definition) is 5. The van der Waals surface area contributed by atoms with Gasteiger partial charge in [0.05, 0.1) is 17.8 Å². The van der Waals surface area contributed by atoms with Crippen molar-refractivity contribution >= 4 is 17.5 Å². The molecule has 0 saturated carbocycles. The van der Waals surface area contributed by atoms with Crippen molar-refractivity contribution in [3.05, 3.63) is 59.2 Å². The van der Waals surface area contributed by atoms with Crippen LogP contribution in [-0.2, 0) is 11.2 Å². The van der Waals surface area contributed by atoms with Crippen molar-refractivity contribution in [2.75, 3.05) is 0 Å². The molecular weight excluding hydrogens is 323 g/mol. The number of carbonyl (C=O) groups excluding carboxylic acids is 1. The first-order chi connectivity index (χ1) is 12.1. The van der Waals surface area contributed by atoms with Gasteiger partial charge in [-0.1, -0.05) is 6.07 Å². The van der Waals surface area contributed by atoms with E-state index >= 15 is 0 Å². The third-order valence-electron chi connectivity index (χ3n) is 4.07. The molecule has 126 valence electrons. The minimum absolute atomic E-state index is 0.316. The van der Waals surface area contributed by atoms with Crippen molar-refractivity contribution < 1.29 is 13.9 Å². The summed E-state index contributed by atoms with van der Waals surface area (Å²) in [5, 5.41) is 10.8. The molecule has 4 rings (SSSR count). The molecular formula is C18H15FN4O2. The van der Waals surface area contributed by atoms with Gasteiger partial charge in [0.25, 0.3) is 5.91 Å². The Bertz CT molecular complexity index is 923. The number of amides is 1. The Morgan fingerprint density at radius 3 is 3.00 bits per heavy atom. The summed E-state index contributed by atoms with van der Waals surface area (Å²) in [6, 6.07) is 9.91. The number of aromatic nitrogens is 1. The van der Waals surface area contributed by atoms with Crippen LogP contribution in [0, 0.1) is 12.7 Å². The highest BCUT2D eigenvalue weighted by Crippen LogP contribution is 2.29. The Morgan fingerprint density at radius 2 is 2.16 bits per heavy atom. The fourth-order valence-electron chi connectivity index (χ4n) is 2.85. The quantitative estimate of drug-likeness (QED) is 0.912. The summed E-state index contributed by atoms with van der Waals surface area (Å²) in [6.07, 6.45) is 0.0381. The Labute approximate surface area is 143 Å². The Morgan fingerprint density at radius 1 is 1.28 bits per heavy atom. The van der Waals surface area contributed by atoms with Gasteiger partial charge in [-0.25, -0.2) is 4.39 Å². The van der Waals surface area contributed by atoms with Gasteiger partial charge in [0.1, 0.15) is 17.4 Å². The van der Waals surface area contributed by atoms with Gasteiger partial charge >= 0.3 is 0 Å². The zero-order chi connectivity index (χ0) is 17.4. The molecule has 0 radical (unpaired) electrons.